The number of nitrogens with one attached hydrogen (secondary N) is 1. The summed E-state index contributed by atoms with van der Waals surface area (Å²) in [7, 11) is 4.77. The van der Waals surface area contributed by atoms with E-state index in [2.05, 4.69) is 45.5 Å². The predicted molar refractivity (Wildman–Crippen MR) is 185 cm³/mol. The van der Waals surface area contributed by atoms with E-state index in [4.69, 9.17) is 14.2 Å². The van der Waals surface area contributed by atoms with Crippen LogP contribution in [0.3, 0.4) is 0 Å². The number of anilines is 1. The van der Waals surface area contributed by atoms with Crippen molar-refractivity contribution >= 4 is 39.3 Å². The van der Waals surface area contributed by atoms with Crippen LogP contribution in [0.4, 0.5) is 5.69 Å². The lowest BCUT2D eigenvalue weighted by molar-refractivity contribution is -0.138. The third-order valence-electron chi connectivity index (χ3n) is 10.3. The highest BCUT2D eigenvalue weighted by Crippen LogP contribution is 2.65. The first-order chi connectivity index (χ1) is 23.3. The molecule has 246 valence electrons. The van der Waals surface area contributed by atoms with Crippen molar-refractivity contribution in [3.05, 3.63) is 129 Å². The Labute approximate surface area is 288 Å². The summed E-state index contributed by atoms with van der Waals surface area (Å²) in [4.78, 5) is 41.8. The topological polar surface area (TPSA) is 94.2 Å². The molecule has 1 saturated heterocycles. The third-order valence-corrected chi connectivity index (χ3v) is 10.9. The minimum atomic E-state index is -0.635. The van der Waals surface area contributed by atoms with Crippen LogP contribution in [0.5, 0.6) is 5.75 Å². The number of carbonyl (C=O) groups excluding carboxylic acids is 3. The first-order valence-corrected chi connectivity index (χ1v) is 17.0. The molecule has 2 atom stereocenters. The monoisotopic (exact) mass is 708 g/mol. The average Bonchev–Trinajstić information content (AvgIpc) is 3.34. The van der Waals surface area contributed by atoms with Gasteiger partial charge in [0.15, 0.2) is 6.29 Å². The fourth-order valence-electron chi connectivity index (χ4n) is 8.23. The SMILES string of the molecule is COC(Cc1cc(OCCCC23c4ccccc4C(c4ccccc42)[C@@H]2C(=O)N(C)C(=O)[C@@H]23)ccc1NC(=O)c1ccc(Br)cc1)OC. The maximum atomic E-state index is 13.8. The van der Waals surface area contributed by atoms with Crippen LogP contribution in [0.1, 0.15) is 56.9 Å². The van der Waals surface area contributed by atoms with Crippen molar-refractivity contribution in [2.75, 3.05) is 33.2 Å². The van der Waals surface area contributed by atoms with Gasteiger partial charge in [-0.1, -0.05) is 64.5 Å². The van der Waals surface area contributed by atoms with Gasteiger partial charge >= 0.3 is 0 Å². The Hall–Kier alpha value is -4.31. The predicted octanol–water partition coefficient (Wildman–Crippen LogP) is 6.70. The molecule has 1 N–H and O–H groups in total. The number of rotatable bonds is 11. The molecule has 1 fully saturated rings. The number of amides is 3. The Kier molecular flexibility index (Phi) is 8.70. The number of ether oxygens (including phenoxy) is 3. The van der Waals surface area contributed by atoms with Crippen molar-refractivity contribution in [3.63, 3.8) is 0 Å². The molecule has 0 unspecified atom stereocenters. The first-order valence-electron chi connectivity index (χ1n) is 16.2. The molecule has 0 spiro atoms. The molecule has 9 heteroatoms. The zero-order valence-corrected chi connectivity index (χ0v) is 28.7. The fraction of sp³-hybridized carbons (Fsp3) is 0.308. The number of methoxy groups -OCH3 is 2. The number of nitrogens with zero attached hydrogens (tertiary/aromatic N) is 1. The van der Waals surface area contributed by atoms with E-state index in [1.807, 2.05) is 54.6 Å². The van der Waals surface area contributed by atoms with Gasteiger partial charge in [-0.05, 0) is 83.1 Å². The lowest BCUT2D eigenvalue weighted by Gasteiger charge is -2.54. The Morgan fingerprint density at radius 2 is 1.54 bits per heavy atom. The lowest BCUT2D eigenvalue weighted by atomic mass is 9.46. The highest BCUT2D eigenvalue weighted by Gasteiger charge is 2.67. The van der Waals surface area contributed by atoms with E-state index < -0.39 is 23.5 Å². The zero-order chi connectivity index (χ0) is 33.6. The zero-order valence-electron chi connectivity index (χ0n) is 27.1. The van der Waals surface area contributed by atoms with Crippen LogP contribution in [0.25, 0.3) is 0 Å². The summed E-state index contributed by atoms with van der Waals surface area (Å²) in [6.45, 7) is 0.396. The van der Waals surface area contributed by atoms with Crippen LogP contribution in [0.15, 0.2) is 95.5 Å². The maximum Gasteiger partial charge on any atom is 0.255 e. The van der Waals surface area contributed by atoms with Gasteiger partial charge in [-0.2, -0.15) is 0 Å². The van der Waals surface area contributed by atoms with Crippen LogP contribution in [-0.2, 0) is 30.9 Å². The molecule has 1 aliphatic heterocycles. The number of benzene rings is 4. The minimum absolute atomic E-state index is 0.0927. The van der Waals surface area contributed by atoms with Gasteiger partial charge in [-0.3, -0.25) is 19.3 Å². The molecule has 1 heterocycles. The van der Waals surface area contributed by atoms with Crippen LogP contribution in [0.2, 0.25) is 0 Å². The molecule has 0 saturated carbocycles. The summed E-state index contributed by atoms with van der Waals surface area (Å²) in [6, 6.07) is 29.4. The van der Waals surface area contributed by atoms with E-state index in [1.165, 1.54) is 4.90 Å². The number of imide groups is 1. The van der Waals surface area contributed by atoms with Gasteiger partial charge in [0.1, 0.15) is 5.75 Å². The second kappa shape index (κ2) is 13.0. The van der Waals surface area contributed by atoms with Crippen molar-refractivity contribution in [1.29, 1.82) is 0 Å². The number of carbonyl (C=O) groups is 3. The van der Waals surface area contributed by atoms with Crippen molar-refractivity contribution in [2.45, 2.75) is 36.9 Å². The molecule has 0 aromatic heterocycles. The van der Waals surface area contributed by atoms with Crippen LogP contribution in [-0.4, -0.2) is 56.8 Å². The summed E-state index contributed by atoms with van der Waals surface area (Å²) in [6.07, 6.45) is 1.18. The molecule has 0 radical (unpaired) electrons. The number of likely N-dealkylation sites (tertiary alicyclic amines) is 1. The van der Waals surface area contributed by atoms with Crippen molar-refractivity contribution < 1.29 is 28.6 Å². The van der Waals surface area contributed by atoms with Crippen LogP contribution < -0.4 is 10.1 Å². The second-order valence-corrected chi connectivity index (χ2v) is 13.6. The molecule has 3 amide bonds. The van der Waals surface area contributed by atoms with Gasteiger partial charge in [0, 0.05) is 54.7 Å². The van der Waals surface area contributed by atoms with E-state index in [0.717, 1.165) is 32.3 Å². The molecular formula is C39H37BrN2O6. The van der Waals surface area contributed by atoms with E-state index in [9.17, 15) is 14.4 Å². The van der Waals surface area contributed by atoms with Gasteiger partial charge in [0.2, 0.25) is 11.8 Å². The Morgan fingerprint density at radius 1 is 0.896 bits per heavy atom. The van der Waals surface area contributed by atoms with Crippen molar-refractivity contribution in [3.8, 4) is 5.75 Å². The van der Waals surface area contributed by atoms with E-state index >= 15 is 0 Å². The Balaban J connectivity index is 1.15. The average molecular weight is 710 g/mol. The van der Waals surface area contributed by atoms with Gasteiger partial charge in [-0.25, -0.2) is 0 Å². The third kappa shape index (κ3) is 5.25. The van der Waals surface area contributed by atoms with Crippen LogP contribution in [0, 0.1) is 11.8 Å². The van der Waals surface area contributed by atoms with Gasteiger partial charge in [0.05, 0.1) is 18.4 Å². The van der Waals surface area contributed by atoms with E-state index in [-0.39, 0.29) is 23.6 Å². The maximum absolute atomic E-state index is 13.8. The van der Waals surface area contributed by atoms with Crippen molar-refractivity contribution in [2.24, 2.45) is 11.8 Å². The molecular weight excluding hydrogens is 672 g/mol. The van der Waals surface area contributed by atoms with Crippen LogP contribution >= 0.6 is 15.9 Å². The Bertz CT molecular complexity index is 1840. The molecule has 8 nitrogen and oxygen atoms in total. The molecule has 4 aliphatic rings. The standard InChI is InChI=1S/C39H37BrN2O6/c1-42-37(44)34-33-27-9-4-6-11-29(27)39(35(34)38(42)45,30-12-7-5-10-28(30)33)19-8-20-48-26-17-18-31(24(21-26)22-32(46-2)47-3)41-36(43)23-13-15-25(40)16-14-23/h4-7,9-18,21,32-35H,8,19-20,22H2,1-3H3,(H,41,43)/t33?,34-,35+,39?/m0/s1. The largest absolute Gasteiger partial charge is 0.494 e. The molecule has 4 aromatic carbocycles. The molecule has 4 aromatic rings. The quantitative estimate of drug-likeness (QED) is 0.106. The summed E-state index contributed by atoms with van der Waals surface area (Å²) >= 11 is 3.41. The highest BCUT2D eigenvalue weighted by atomic mass is 79.9. The first kappa shape index (κ1) is 32.2. The molecule has 48 heavy (non-hydrogen) atoms. The lowest BCUT2D eigenvalue weighted by Crippen LogP contribution is -2.53. The van der Waals surface area contributed by atoms with Gasteiger partial charge < -0.3 is 19.5 Å². The fourth-order valence-corrected chi connectivity index (χ4v) is 8.49. The summed E-state index contributed by atoms with van der Waals surface area (Å²) in [5.74, 6) is -0.773. The Morgan fingerprint density at radius 3 is 2.19 bits per heavy atom. The molecule has 2 bridgehead atoms. The van der Waals surface area contributed by atoms with Crippen molar-refractivity contribution in [1.82, 2.24) is 4.90 Å². The van der Waals surface area contributed by atoms with E-state index in [0.29, 0.717) is 42.9 Å². The minimum Gasteiger partial charge on any atom is -0.494 e. The smallest absolute Gasteiger partial charge is 0.255 e. The number of halogens is 1. The normalized spacial score (nSPS) is 22.0. The van der Waals surface area contributed by atoms with Gasteiger partial charge in [0.25, 0.3) is 5.91 Å². The number of hydrogen-bond acceptors (Lipinski definition) is 6. The molecule has 8 rings (SSSR count). The second-order valence-electron chi connectivity index (χ2n) is 12.7. The molecule has 3 aliphatic carbocycles. The summed E-state index contributed by atoms with van der Waals surface area (Å²) in [5.41, 5.74) is 5.92. The van der Waals surface area contributed by atoms with E-state index in [1.54, 1.807) is 33.4 Å². The highest BCUT2D eigenvalue weighted by molar-refractivity contribution is 9.10. The van der Waals surface area contributed by atoms with Gasteiger partial charge in [-0.15, -0.1) is 0 Å². The number of hydrogen-bond donors (Lipinski definition) is 1. The summed E-state index contributed by atoms with van der Waals surface area (Å²) < 4.78 is 18.2. The summed E-state index contributed by atoms with van der Waals surface area (Å²) in [5, 5.41) is 3.02.